The molecule has 4 rings (SSSR count). The highest BCUT2D eigenvalue weighted by Crippen LogP contribution is 2.24. The summed E-state index contributed by atoms with van der Waals surface area (Å²) in [4.78, 5) is 18.9. The lowest BCUT2D eigenvalue weighted by Crippen LogP contribution is -2.27. The van der Waals surface area contributed by atoms with Crippen molar-refractivity contribution in [2.75, 3.05) is 13.6 Å². The molecule has 6 heteroatoms. The second-order valence-electron chi connectivity index (χ2n) is 7.25. The third kappa shape index (κ3) is 4.66. The first kappa shape index (κ1) is 20.0. The predicted octanol–water partition coefficient (Wildman–Crippen LogP) is 5.48. The summed E-state index contributed by atoms with van der Waals surface area (Å²) in [5.74, 6) is 0.845. The van der Waals surface area contributed by atoms with Gasteiger partial charge in [-0.05, 0) is 25.5 Å². The number of carbonyl (C=O) groups excluding carboxylic acids is 1. The van der Waals surface area contributed by atoms with Gasteiger partial charge in [0.15, 0.2) is 0 Å². The van der Waals surface area contributed by atoms with E-state index in [0.29, 0.717) is 12.1 Å². The SMILES string of the molecule is Cc1csc(-c2ccc(C(=O)N(C)CCCc3cc(-c4ccccc4)no3)cc2)n1. The molecule has 0 saturated carbocycles. The zero-order valence-electron chi connectivity index (χ0n) is 17.0. The van der Waals surface area contributed by atoms with Crippen LogP contribution in [0.15, 0.2) is 70.6 Å². The molecule has 2 heterocycles. The van der Waals surface area contributed by atoms with E-state index < -0.39 is 0 Å². The normalized spacial score (nSPS) is 10.9. The van der Waals surface area contributed by atoms with Gasteiger partial charge in [0.2, 0.25) is 0 Å². The second kappa shape index (κ2) is 9.05. The van der Waals surface area contributed by atoms with Crippen molar-refractivity contribution in [3.8, 4) is 21.8 Å². The Morgan fingerprint density at radius 3 is 2.53 bits per heavy atom. The number of thiazole rings is 1. The molecule has 152 valence electrons. The Hall–Kier alpha value is -3.25. The van der Waals surface area contributed by atoms with Gasteiger partial charge in [-0.3, -0.25) is 4.79 Å². The minimum atomic E-state index is 0.0133. The van der Waals surface area contributed by atoms with Crippen molar-refractivity contribution in [2.45, 2.75) is 19.8 Å². The van der Waals surface area contributed by atoms with Crippen LogP contribution < -0.4 is 0 Å². The smallest absolute Gasteiger partial charge is 0.253 e. The highest BCUT2D eigenvalue weighted by molar-refractivity contribution is 7.13. The molecule has 2 aromatic carbocycles. The van der Waals surface area contributed by atoms with Gasteiger partial charge in [-0.2, -0.15) is 0 Å². The third-order valence-electron chi connectivity index (χ3n) is 4.89. The highest BCUT2D eigenvalue weighted by atomic mass is 32.1. The number of amides is 1. The van der Waals surface area contributed by atoms with E-state index in [1.165, 1.54) is 0 Å². The topological polar surface area (TPSA) is 59.2 Å². The molecule has 0 aliphatic heterocycles. The average molecular weight is 418 g/mol. The van der Waals surface area contributed by atoms with E-state index >= 15 is 0 Å². The molecule has 0 fully saturated rings. The van der Waals surface area contributed by atoms with E-state index in [4.69, 9.17) is 4.52 Å². The summed E-state index contributed by atoms with van der Waals surface area (Å²) < 4.78 is 5.44. The van der Waals surface area contributed by atoms with Crippen LogP contribution in [0.5, 0.6) is 0 Å². The van der Waals surface area contributed by atoms with Gasteiger partial charge in [0, 0.05) is 53.8 Å². The predicted molar refractivity (Wildman–Crippen MR) is 120 cm³/mol. The summed E-state index contributed by atoms with van der Waals surface area (Å²) in [6.07, 6.45) is 1.54. The molecule has 0 spiro atoms. The van der Waals surface area contributed by atoms with Crippen LogP contribution in [-0.4, -0.2) is 34.5 Å². The molecule has 1 amide bonds. The summed E-state index contributed by atoms with van der Waals surface area (Å²) in [6.45, 7) is 2.63. The van der Waals surface area contributed by atoms with Gasteiger partial charge in [0.05, 0.1) is 0 Å². The van der Waals surface area contributed by atoms with Crippen LogP contribution in [0.25, 0.3) is 21.8 Å². The number of hydrogen-bond acceptors (Lipinski definition) is 5. The Bertz CT molecular complexity index is 1120. The lowest BCUT2D eigenvalue weighted by Gasteiger charge is -2.17. The summed E-state index contributed by atoms with van der Waals surface area (Å²) >= 11 is 1.61. The van der Waals surface area contributed by atoms with E-state index in [1.54, 1.807) is 16.2 Å². The van der Waals surface area contributed by atoms with Crippen LogP contribution in [0.2, 0.25) is 0 Å². The second-order valence-corrected chi connectivity index (χ2v) is 8.10. The van der Waals surface area contributed by atoms with Crippen molar-refractivity contribution < 1.29 is 9.32 Å². The zero-order chi connectivity index (χ0) is 20.9. The molecule has 2 aromatic heterocycles. The minimum Gasteiger partial charge on any atom is -0.361 e. The molecular weight excluding hydrogens is 394 g/mol. The number of nitrogens with zero attached hydrogens (tertiary/aromatic N) is 3. The number of rotatable bonds is 7. The van der Waals surface area contributed by atoms with Crippen molar-refractivity contribution in [1.82, 2.24) is 15.0 Å². The summed E-state index contributed by atoms with van der Waals surface area (Å²) in [5, 5.41) is 7.14. The molecule has 0 atom stereocenters. The largest absolute Gasteiger partial charge is 0.361 e. The maximum absolute atomic E-state index is 12.7. The fourth-order valence-electron chi connectivity index (χ4n) is 3.23. The minimum absolute atomic E-state index is 0.0133. The molecule has 0 aliphatic rings. The Balaban J connectivity index is 1.30. The fourth-order valence-corrected chi connectivity index (χ4v) is 4.03. The number of aryl methyl sites for hydroxylation is 2. The fraction of sp³-hybridized carbons (Fsp3) is 0.208. The Morgan fingerprint density at radius 1 is 1.07 bits per heavy atom. The Labute approximate surface area is 180 Å². The molecule has 0 unspecified atom stereocenters. The van der Waals surface area contributed by atoms with Gasteiger partial charge in [-0.1, -0.05) is 47.6 Å². The summed E-state index contributed by atoms with van der Waals surface area (Å²) in [5.41, 5.74) is 4.60. The van der Waals surface area contributed by atoms with E-state index in [9.17, 15) is 4.79 Å². The molecule has 0 aliphatic carbocycles. The number of carbonyl (C=O) groups is 1. The van der Waals surface area contributed by atoms with Crippen LogP contribution in [-0.2, 0) is 6.42 Å². The lowest BCUT2D eigenvalue weighted by atomic mass is 10.1. The highest BCUT2D eigenvalue weighted by Gasteiger charge is 2.13. The first-order valence-corrected chi connectivity index (χ1v) is 10.8. The maximum Gasteiger partial charge on any atom is 0.253 e. The molecular formula is C24H23N3O2S. The first-order valence-electron chi connectivity index (χ1n) is 9.89. The first-order chi connectivity index (χ1) is 14.6. The molecule has 0 saturated heterocycles. The van der Waals surface area contributed by atoms with Crippen LogP contribution in [0.3, 0.4) is 0 Å². The van der Waals surface area contributed by atoms with E-state index in [-0.39, 0.29) is 5.91 Å². The lowest BCUT2D eigenvalue weighted by molar-refractivity contribution is 0.0793. The van der Waals surface area contributed by atoms with E-state index in [0.717, 1.165) is 46.1 Å². The van der Waals surface area contributed by atoms with Gasteiger partial charge < -0.3 is 9.42 Å². The molecule has 4 aromatic rings. The van der Waals surface area contributed by atoms with Crippen LogP contribution in [0, 0.1) is 6.92 Å². The Kier molecular flexibility index (Phi) is 6.05. The van der Waals surface area contributed by atoms with E-state index in [2.05, 4.69) is 10.1 Å². The van der Waals surface area contributed by atoms with E-state index in [1.807, 2.05) is 80.0 Å². The molecule has 30 heavy (non-hydrogen) atoms. The maximum atomic E-state index is 12.7. The van der Waals surface area contributed by atoms with Crippen molar-refractivity contribution >= 4 is 17.2 Å². The van der Waals surface area contributed by atoms with Crippen molar-refractivity contribution in [3.05, 3.63) is 83.1 Å². The van der Waals surface area contributed by atoms with Crippen LogP contribution >= 0.6 is 11.3 Å². The quantitative estimate of drug-likeness (QED) is 0.400. The number of benzene rings is 2. The zero-order valence-corrected chi connectivity index (χ0v) is 17.9. The van der Waals surface area contributed by atoms with Crippen molar-refractivity contribution in [1.29, 1.82) is 0 Å². The van der Waals surface area contributed by atoms with Gasteiger partial charge in [0.25, 0.3) is 5.91 Å². The summed E-state index contributed by atoms with van der Waals surface area (Å²) in [6, 6.07) is 19.6. The molecule has 0 bridgehead atoms. The van der Waals surface area contributed by atoms with Gasteiger partial charge >= 0.3 is 0 Å². The van der Waals surface area contributed by atoms with Crippen LogP contribution in [0.1, 0.15) is 28.2 Å². The third-order valence-corrected chi connectivity index (χ3v) is 5.90. The van der Waals surface area contributed by atoms with Gasteiger partial charge in [-0.25, -0.2) is 4.98 Å². The monoisotopic (exact) mass is 417 g/mol. The van der Waals surface area contributed by atoms with Gasteiger partial charge in [0.1, 0.15) is 16.5 Å². The number of hydrogen-bond donors (Lipinski definition) is 0. The molecule has 0 radical (unpaired) electrons. The van der Waals surface area contributed by atoms with Crippen LogP contribution in [0.4, 0.5) is 0 Å². The Morgan fingerprint density at radius 2 is 1.83 bits per heavy atom. The molecule has 5 nitrogen and oxygen atoms in total. The number of aromatic nitrogens is 2. The average Bonchev–Trinajstić information content (AvgIpc) is 3.43. The van der Waals surface area contributed by atoms with Crippen molar-refractivity contribution in [2.24, 2.45) is 0 Å². The molecule has 0 N–H and O–H groups in total. The van der Waals surface area contributed by atoms with Crippen molar-refractivity contribution in [3.63, 3.8) is 0 Å². The van der Waals surface area contributed by atoms with Gasteiger partial charge in [-0.15, -0.1) is 11.3 Å². The standard InChI is InChI=1S/C24H23N3O2S/c1-17-16-30-23(25-17)19-10-12-20(13-11-19)24(28)27(2)14-6-9-21-15-22(26-29-21)18-7-4-3-5-8-18/h3-5,7-8,10-13,15-16H,6,9,14H2,1-2H3. The summed E-state index contributed by atoms with van der Waals surface area (Å²) in [7, 11) is 1.83.